The van der Waals surface area contributed by atoms with E-state index in [2.05, 4.69) is 5.32 Å². The van der Waals surface area contributed by atoms with Gasteiger partial charge in [-0.15, -0.1) is 0 Å². The van der Waals surface area contributed by atoms with E-state index < -0.39 is 12.1 Å². The van der Waals surface area contributed by atoms with Crippen LogP contribution in [0.2, 0.25) is 0 Å². The maximum absolute atomic E-state index is 12.6. The molecule has 21 heavy (non-hydrogen) atoms. The van der Waals surface area contributed by atoms with E-state index >= 15 is 0 Å². The van der Waals surface area contributed by atoms with Gasteiger partial charge in [-0.2, -0.15) is 13.2 Å². The molecule has 2 fully saturated rings. The van der Waals surface area contributed by atoms with Crippen molar-refractivity contribution in [3.05, 3.63) is 0 Å². The van der Waals surface area contributed by atoms with Gasteiger partial charge >= 0.3 is 6.18 Å². The molecule has 0 atom stereocenters. The van der Waals surface area contributed by atoms with Gasteiger partial charge in [0.05, 0.1) is 5.92 Å². The first-order valence-electron chi connectivity index (χ1n) is 7.90. The van der Waals surface area contributed by atoms with Gasteiger partial charge in [-0.1, -0.05) is 19.3 Å². The van der Waals surface area contributed by atoms with Crippen LogP contribution in [0.3, 0.4) is 0 Å². The minimum Gasteiger partial charge on any atom is -0.343 e. The molecule has 0 spiro atoms. The van der Waals surface area contributed by atoms with E-state index in [4.69, 9.17) is 0 Å². The lowest BCUT2D eigenvalue weighted by atomic mass is 9.79. The summed E-state index contributed by atoms with van der Waals surface area (Å²) >= 11 is 0. The van der Waals surface area contributed by atoms with Gasteiger partial charge in [0.15, 0.2) is 0 Å². The van der Waals surface area contributed by atoms with Crippen molar-refractivity contribution in [1.82, 2.24) is 10.2 Å². The SMILES string of the molecule is CNC1(CC(=O)N2CCC(C(F)(F)F)CC2)CCCCC1. The summed E-state index contributed by atoms with van der Waals surface area (Å²) in [6.45, 7) is 0.478. The fourth-order valence-corrected chi connectivity index (χ4v) is 3.60. The maximum Gasteiger partial charge on any atom is 0.391 e. The van der Waals surface area contributed by atoms with Gasteiger partial charge < -0.3 is 10.2 Å². The molecule has 1 aliphatic heterocycles. The van der Waals surface area contributed by atoms with Crippen LogP contribution < -0.4 is 5.32 Å². The van der Waals surface area contributed by atoms with Crippen LogP contribution in [0.15, 0.2) is 0 Å². The zero-order valence-electron chi connectivity index (χ0n) is 12.6. The number of carbonyl (C=O) groups is 1. The Kier molecular flexibility index (Phi) is 5.17. The Hall–Kier alpha value is -0.780. The van der Waals surface area contributed by atoms with E-state index in [9.17, 15) is 18.0 Å². The molecule has 0 aromatic rings. The largest absolute Gasteiger partial charge is 0.391 e. The monoisotopic (exact) mass is 306 g/mol. The highest BCUT2D eigenvalue weighted by Gasteiger charge is 2.42. The van der Waals surface area contributed by atoms with Gasteiger partial charge in [0.25, 0.3) is 0 Å². The lowest BCUT2D eigenvalue weighted by molar-refractivity contribution is -0.186. The molecule has 0 unspecified atom stereocenters. The van der Waals surface area contributed by atoms with Crippen molar-refractivity contribution in [2.24, 2.45) is 5.92 Å². The summed E-state index contributed by atoms with van der Waals surface area (Å²) in [6, 6.07) is 0. The summed E-state index contributed by atoms with van der Waals surface area (Å²) in [6.07, 6.45) is 1.78. The average molecular weight is 306 g/mol. The molecule has 1 saturated carbocycles. The van der Waals surface area contributed by atoms with Gasteiger partial charge in [0, 0.05) is 25.0 Å². The molecule has 122 valence electrons. The lowest BCUT2D eigenvalue weighted by Gasteiger charge is -2.39. The Morgan fingerprint density at radius 2 is 1.76 bits per heavy atom. The summed E-state index contributed by atoms with van der Waals surface area (Å²) in [5, 5.41) is 3.29. The number of nitrogens with zero attached hydrogens (tertiary/aromatic N) is 1. The number of halogens is 3. The Morgan fingerprint density at radius 3 is 2.24 bits per heavy atom. The zero-order valence-corrected chi connectivity index (χ0v) is 12.6. The number of hydrogen-bond acceptors (Lipinski definition) is 2. The molecule has 2 aliphatic rings. The van der Waals surface area contributed by atoms with Gasteiger partial charge in [-0.05, 0) is 32.7 Å². The number of likely N-dealkylation sites (tertiary alicyclic amines) is 1. The summed E-state index contributed by atoms with van der Waals surface area (Å²) in [5.74, 6) is -1.23. The molecule has 0 bridgehead atoms. The third-order valence-electron chi connectivity index (χ3n) is 5.14. The Labute approximate surface area is 124 Å². The fraction of sp³-hybridized carbons (Fsp3) is 0.933. The molecular weight excluding hydrogens is 281 g/mol. The number of amides is 1. The Morgan fingerprint density at radius 1 is 1.19 bits per heavy atom. The molecule has 6 heteroatoms. The van der Waals surface area contributed by atoms with Crippen molar-refractivity contribution in [3.8, 4) is 0 Å². The van der Waals surface area contributed by atoms with Crippen molar-refractivity contribution < 1.29 is 18.0 Å². The minimum absolute atomic E-state index is 0.00637. The van der Waals surface area contributed by atoms with Gasteiger partial charge in [-0.25, -0.2) is 0 Å². The van der Waals surface area contributed by atoms with Gasteiger partial charge in [0.2, 0.25) is 5.91 Å². The predicted molar refractivity (Wildman–Crippen MR) is 74.9 cm³/mol. The molecule has 1 heterocycles. The van der Waals surface area contributed by atoms with Crippen LogP contribution in [-0.2, 0) is 4.79 Å². The molecule has 1 aliphatic carbocycles. The first-order chi connectivity index (χ1) is 9.86. The molecular formula is C15H25F3N2O. The third kappa shape index (κ3) is 4.11. The predicted octanol–water partition coefficient (Wildman–Crippen LogP) is 3.10. The topological polar surface area (TPSA) is 32.3 Å². The number of alkyl halides is 3. The lowest BCUT2D eigenvalue weighted by Crippen LogP contribution is -2.50. The number of hydrogen-bond donors (Lipinski definition) is 1. The van der Waals surface area contributed by atoms with Crippen LogP contribution in [0.5, 0.6) is 0 Å². The van der Waals surface area contributed by atoms with E-state index in [1.165, 1.54) is 6.42 Å². The summed E-state index contributed by atoms with van der Waals surface area (Å²) in [4.78, 5) is 14.0. The van der Waals surface area contributed by atoms with E-state index in [-0.39, 0.29) is 37.4 Å². The molecule has 2 rings (SSSR count). The number of rotatable bonds is 3. The molecule has 0 radical (unpaired) electrons. The first kappa shape index (κ1) is 16.6. The quantitative estimate of drug-likeness (QED) is 0.869. The molecule has 1 saturated heterocycles. The van der Waals surface area contributed by atoms with E-state index in [1.807, 2.05) is 7.05 Å². The molecule has 3 nitrogen and oxygen atoms in total. The summed E-state index contributed by atoms with van der Waals surface area (Å²) < 4.78 is 37.9. The van der Waals surface area contributed by atoms with Crippen LogP contribution in [0.25, 0.3) is 0 Å². The minimum atomic E-state index is -4.12. The van der Waals surface area contributed by atoms with Crippen molar-refractivity contribution in [3.63, 3.8) is 0 Å². The molecule has 0 aromatic carbocycles. The standard InChI is InChI=1S/C15H25F3N2O/c1-19-14(7-3-2-4-8-14)11-13(21)20-9-5-12(6-10-20)15(16,17)18/h12,19H,2-11H2,1H3. The Bertz CT molecular complexity index is 356. The van der Waals surface area contributed by atoms with Crippen molar-refractivity contribution >= 4 is 5.91 Å². The highest BCUT2D eigenvalue weighted by Crippen LogP contribution is 2.35. The normalized spacial score (nSPS) is 24.1. The number of carbonyl (C=O) groups excluding carboxylic acids is 1. The molecule has 1 amide bonds. The highest BCUT2D eigenvalue weighted by atomic mass is 19.4. The number of nitrogens with one attached hydrogen (secondary N) is 1. The maximum atomic E-state index is 12.6. The van der Waals surface area contributed by atoms with Crippen molar-refractivity contribution in [1.29, 1.82) is 0 Å². The van der Waals surface area contributed by atoms with Gasteiger partial charge in [0.1, 0.15) is 0 Å². The highest BCUT2D eigenvalue weighted by molar-refractivity contribution is 5.77. The Balaban J connectivity index is 1.87. The van der Waals surface area contributed by atoms with Crippen LogP contribution >= 0.6 is 0 Å². The van der Waals surface area contributed by atoms with E-state index in [0.717, 1.165) is 25.7 Å². The first-order valence-corrected chi connectivity index (χ1v) is 7.90. The van der Waals surface area contributed by atoms with Crippen LogP contribution in [0.4, 0.5) is 13.2 Å². The van der Waals surface area contributed by atoms with Crippen LogP contribution in [0, 0.1) is 5.92 Å². The zero-order chi connectivity index (χ0) is 15.5. The van der Waals surface area contributed by atoms with Crippen LogP contribution in [-0.4, -0.2) is 42.7 Å². The van der Waals surface area contributed by atoms with E-state index in [0.29, 0.717) is 6.42 Å². The average Bonchev–Trinajstić information content (AvgIpc) is 2.47. The third-order valence-corrected chi connectivity index (χ3v) is 5.14. The van der Waals surface area contributed by atoms with Crippen LogP contribution in [0.1, 0.15) is 51.4 Å². The van der Waals surface area contributed by atoms with E-state index in [1.54, 1.807) is 4.90 Å². The molecule has 1 N–H and O–H groups in total. The number of piperidine rings is 1. The second-order valence-corrected chi connectivity index (χ2v) is 6.46. The second-order valence-electron chi connectivity index (χ2n) is 6.46. The second kappa shape index (κ2) is 6.55. The smallest absolute Gasteiger partial charge is 0.343 e. The van der Waals surface area contributed by atoms with Crippen molar-refractivity contribution in [2.75, 3.05) is 20.1 Å². The summed E-state index contributed by atoms with van der Waals surface area (Å²) in [7, 11) is 1.88. The summed E-state index contributed by atoms with van der Waals surface area (Å²) in [5.41, 5.74) is -0.143. The fourth-order valence-electron chi connectivity index (χ4n) is 3.60. The molecule has 0 aromatic heterocycles. The van der Waals surface area contributed by atoms with Gasteiger partial charge in [-0.3, -0.25) is 4.79 Å². The van der Waals surface area contributed by atoms with Crippen molar-refractivity contribution in [2.45, 2.75) is 63.1 Å².